The minimum Gasteiger partial charge on any atom is -0.493 e. The van der Waals surface area contributed by atoms with Crippen molar-refractivity contribution in [3.05, 3.63) is 17.7 Å². The smallest absolute Gasteiger partial charge is 0.203 e. The number of hydrogen-bond donors (Lipinski definition) is 0. The summed E-state index contributed by atoms with van der Waals surface area (Å²) in [5.74, 6) is 1.72. The molecule has 0 aliphatic heterocycles. The van der Waals surface area contributed by atoms with Crippen molar-refractivity contribution < 1.29 is 19.0 Å². The first-order chi connectivity index (χ1) is 8.38. The molecule has 0 amide bonds. The maximum Gasteiger partial charge on any atom is 0.203 e. The molecule has 100 valence electrons. The van der Waals surface area contributed by atoms with Crippen LogP contribution in [0.25, 0.3) is 0 Å². The van der Waals surface area contributed by atoms with Gasteiger partial charge in [-0.05, 0) is 38.5 Å². The molecular weight excluding hydrogens is 232 g/mol. The molecule has 0 saturated heterocycles. The van der Waals surface area contributed by atoms with Crippen LogP contribution in [0, 0.1) is 0 Å². The van der Waals surface area contributed by atoms with Crippen LogP contribution in [-0.4, -0.2) is 27.1 Å². The lowest BCUT2D eigenvalue weighted by atomic mass is 9.81. The highest BCUT2D eigenvalue weighted by Gasteiger charge is 2.28. The summed E-state index contributed by atoms with van der Waals surface area (Å²) >= 11 is 0. The van der Waals surface area contributed by atoms with Crippen molar-refractivity contribution in [2.75, 3.05) is 21.3 Å². The standard InChI is InChI=1S/C14H20O4/c1-9(15)14(2,3)10-7-11(16-4)13(18-6)12(8-10)17-5/h7-8H,1-6H3. The van der Waals surface area contributed by atoms with Crippen molar-refractivity contribution in [3.63, 3.8) is 0 Å². The van der Waals surface area contributed by atoms with E-state index in [1.807, 2.05) is 26.0 Å². The van der Waals surface area contributed by atoms with E-state index >= 15 is 0 Å². The maximum absolute atomic E-state index is 11.7. The van der Waals surface area contributed by atoms with Gasteiger partial charge >= 0.3 is 0 Å². The summed E-state index contributed by atoms with van der Waals surface area (Å²) in [5, 5.41) is 0. The molecule has 0 N–H and O–H groups in total. The highest BCUT2D eigenvalue weighted by molar-refractivity contribution is 5.87. The van der Waals surface area contributed by atoms with Gasteiger partial charge in [0.05, 0.1) is 21.3 Å². The van der Waals surface area contributed by atoms with Crippen LogP contribution in [0.15, 0.2) is 12.1 Å². The molecule has 0 aliphatic rings. The second kappa shape index (κ2) is 5.29. The van der Waals surface area contributed by atoms with Gasteiger partial charge in [0.1, 0.15) is 5.78 Å². The van der Waals surface area contributed by atoms with E-state index in [0.29, 0.717) is 17.2 Å². The summed E-state index contributed by atoms with van der Waals surface area (Å²) in [6.07, 6.45) is 0. The van der Waals surface area contributed by atoms with Crippen LogP contribution in [0.2, 0.25) is 0 Å². The van der Waals surface area contributed by atoms with Crippen molar-refractivity contribution in [1.29, 1.82) is 0 Å². The summed E-state index contributed by atoms with van der Waals surface area (Å²) < 4.78 is 15.8. The zero-order valence-electron chi connectivity index (χ0n) is 11.8. The third-order valence-electron chi connectivity index (χ3n) is 3.27. The predicted octanol–water partition coefficient (Wildman–Crippen LogP) is 2.58. The number of methoxy groups -OCH3 is 3. The Kier molecular flexibility index (Phi) is 4.22. The lowest BCUT2D eigenvalue weighted by Crippen LogP contribution is -2.26. The third kappa shape index (κ3) is 2.42. The minimum atomic E-state index is -0.590. The fraction of sp³-hybridized carbons (Fsp3) is 0.500. The summed E-state index contributed by atoms with van der Waals surface area (Å²) in [7, 11) is 4.67. The summed E-state index contributed by atoms with van der Waals surface area (Å²) in [4.78, 5) is 11.7. The molecule has 1 aromatic rings. The monoisotopic (exact) mass is 252 g/mol. The lowest BCUT2D eigenvalue weighted by molar-refractivity contribution is -0.121. The highest BCUT2D eigenvalue weighted by atomic mass is 16.5. The molecule has 0 aromatic heterocycles. The van der Waals surface area contributed by atoms with Gasteiger partial charge in [-0.25, -0.2) is 0 Å². The molecule has 1 aromatic carbocycles. The lowest BCUT2D eigenvalue weighted by Gasteiger charge is -2.24. The molecule has 0 unspecified atom stereocenters. The number of benzene rings is 1. The van der Waals surface area contributed by atoms with Crippen LogP contribution in [0.4, 0.5) is 0 Å². The number of ketones is 1. The van der Waals surface area contributed by atoms with Gasteiger partial charge in [-0.2, -0.15) is 0 Å². The molecule has 0 saturated carbocycles. The first kappa shape index (κ1) is 14.4. The van der Waals surface area contributed by atoms with E-state index in [4.69, 9.17) is 14.2 Å². The summed E-state index contributed by atoms with van der Waals surface area (Å²) in [5.41, 5.74) is 0.247. The summed E-state index contributed by atoms with van der Waals surface area (Å²) in [6.45, 7) is 5.31. The average molecular weight is 252 g/mol. The van der Waals surface area contributed by atoms with E-state index in [1.54, 1.807) is 28.3 Å². The van der Waals surface area contributed by atoms with Gasteiger partial charge in [0.2, 0.25) is 5.75 Å². The number of rotatable bonds is 5. The van der Waals surface area contributed by atoms with Crippen LogP contribution in [0.5, 0.6) is 17.2 Å². The van der Waals surface area contributed by atoms with Crippen LogP contribution < -0.4 is 14.2 Å². The van der Waals surface area contributed by atoms with Crippen molar-refractivity contribution in [2.24, 2.45) is 0 Å². The first-order valence-electron chi connectivity index (χ1n) is 5.70. The molecule has 4 heteroatoms. The van der Waals surface area contributed by atoms with Crippen LogP contribution in [0.1, 0.15) is 26.3 Å². The second-order valence-corrected chi connectivity index (χ2v) is 4.60. The Morgan fingerprint density at radius 3 is 1.72 bits per heavy atom. The Bertz CT molecular complexity index is 424. The highest BCUT2D eigenvalue weighted by Crippen LogP contribution is 2.41. The number of Topliss-reactive ketones (excluding diaryl/α,β-unsaturated/α-hetero) is 1. The van der Waals surface area contributed by atoms with Gasteiger partial charge < -0.3 is 14.2 Å². The van der Waals surface area contributed by atoms with Crippen molar-refractivity contribution in [1.82, 2.24) is 0 Å². The van der Waals surface area contributed by atoms with E-state index in [1.165, 1.54) is 0 Å². The molecule has 0 radical (unpaired) electrons. The largest absolute Gasteiger partial charge is 0.493 e. The van der Waals surface area contributed by atoms with E-state index in [-0.39, 0.29) is 5.78 Å². The number of carbonyl (C=O) groups excluding carboxylic acids is 1. The van der Waals surface area contributed by atoms with Gasteiger partial charge in [0, 0.05) is 5.41 Å². The molecule has 0 bridgehead atoms. The Morgan fingerprint density at radius 2 is 1.44 bits per heavy atom. The average Bonchev–Trinajstić information content (AvgIpc) is 2.36. The molecular formula is C14H20O4. The Morgan fingerprint density at radius 1 is 1.00 bits per heavy atom. The molecule has 0 atom stereocenters. The Balaban J connectivity index is 3.45. The third-order valence-corrected chi connectivity index (χ3v) is 3.27. The molecule has 4 nitrogen and oxygen atoms in total. The first-order valence-corrected chi connectivity index (χ1v) is 5.70. The molecule has 0 fully saturated rings. The summed E-state index contributed by atoms with van der Waals surface area (Å²) in [6, 6.07) is 3.62. The molecule has 0 aliphatic carbocycles. The Hall–Kier alpha value is -1.71. The topological polar surface area (TPSA) is 44.8 Å². The predicted molar refractivity (Wildman–Crippen MR) is 69.8 cm³/mol. The van der Waals surface area contributed by atoms with Crippen molar-refractivity contribution in [3.8, 4) is 17.2 Å². The molecule has 0 spiro atoms. The van der Waals surface area contributed by atoms with E-state index < -0.39 is 5.41 Å². The van der Waals surface area contributed by atoms with Gasteiger partial charge in [0.15, 0.2) is 11.5 Å². The van der Waals surface area contributed by atoms with Crippen molar-refractivity contribution in [2.45, 2.75) is 26.2 Å². The van der Waals surface area contributed by atoms with Gasteiger partial charge in [-0.3, -0.25) is 4.79 Å². The van der Waals surface area contributed by atoms with Crippen LogP contribution in [-0.2, 0) is 10.2 Å². The number of ether oxygens (including phenoxy) is 3. The van der Waals surface area contributed by atoms with Crippen LogP contribution in [0.3, 0.4) is 0 Å². The number of hydrogen-bond acceptors (Lipinski definition) is 4. The molecule has 0 heterocycles. The normalized spacial score (nSPS) is 11.0. The maximum atomic E-state index is 11.7. The Labute approximate surface area is 108 Å². The SMILES string of the molecule is COc1cc(C(C)(C)C(C)=O)cc(OC)c1OC. The fourth-order valence-corrected chi connectivity index (χ4v) is 1.65. The van der Waals surface area contributed by atoms with E-state index in [0.717, 1.165) is 5.56 Å². The zero-order valence-corrected chi connectivity index (χ0v) is 11.8. The molecule has 1 rings (SSSR count). The van der Waals surface area contributed by atoms with Gasteiger partial charge in [0.25, 0.3) is 0 Å². The fourth-order valence-electron chi connectivity index (χ4n) is 1.65. The quantitative estimate of drug-likeness (QED) is 0.808. The zero-order chi connectivity index (χ0) is 13.9. The van der Waals surface area contributed by atoms with E-state index in [9.17, 15) is 4.79 Å². The molecule has 18 heavy (non-hydrogen) atoms. The van der Waals surface area contributed by atoms with Gasteiger partial charge in [-0.1, -0.05) is 0 Å². The second-order valence-electron chi connectivity index (χ2n) is 4.60. The van der Waals surface area contributed by atoms with E-state index in [2.05, 4.69) is 0 Å². The van der Waals surface area contributed by atoms with Crippen LogP contribution >= 0.6 is 0 Å². The minimum absolute atomic E-state index is 0.0803. The van der Waals surface area contributed by atoms with Gasteiger partial charge in [-0.15, -0.1) is 0 Å². The number of carbonyl (C=O) groups is 1. The van der Waals surface area contributed by atoms with Crippen molar-refractivity contribution >= 4 is 5.78 Å².